The lowest BCUT2D eigenvalue weighted by molar-refractivity contribution is 0.425. The molecule has 0 unspecified atom stereocenters. The Bertz CT molecular complexity index is 966. The maximum absolute atomic E-state index is 13.0. The average Bonchev–Trinajstić information content (AvgIpc) is 3.31. The molecule has 5 nitrogen and oxygen atoms in total. The maximum atomic E-state index is 13.0. The summed E-state index contributed by atoms with van der Waals surface area (Å²) in [5.74, 6) is 1.38. The van der Waals surface area contributed by atoms with Crippen molar-refractivity contribution in [2.75, 3.05) is 0 Å². The lowest BCUT2D eigenvalue weighted by atomic mass is 10.2. The minimum atomic E-state index is -0.260. The Morgan fingerprint density at radius 2 is 1.80 bits per heavy atom. The smallest absolute Gasteiger partial charge is 0.257 e. The molecule has 0 atom stereocenters. The SMILES string of the molecule is Fc1ccc(-c2cnc(SCc3noc(-c4ccccc4)n3)[nH]2)cc1. The number of imidazole rings is 1. The third-order valence-electron chi connectivity index (χ3n) is 3.53. The van der Waals surface area contributed by atoms with E-state index in [0.29, 0.717) is 17.5 Å². The second-order valence-corrected chi connectivity index (χ2v) is 6.24. The standard InChI is InChI=1S/C18H13FN4OS/c19-14-8-6-12(7-9-14)15-10-20-18(21-15)25-11-16-22-17(24-23-16)13-4-2-1-3-5-13/h1-10H,11H2,(H,20,21). The highest BCUT2D eigenvalue weighted by atomic mass is 32.2. The first-order valence-electron chi connectivity index (χ1n) is 7.60. The third-order valence-corrected chi connectivity index (χ3v) is 4.42. The zero-order valence-corrected chi connectivity index (χ0v) is 13.8. The summed E-state index contributed by atoms with van der Waals surface area (Å²) < 4.78 is 18.3. The monoisotopic (exact) mass is 352 g/mol. The molecule has 124 valence electrons. The van der Waals surface area contributed by atoms with Gasteiger partial charge in [-0.15, -0.1) is 0 Å². The van der Waals surface area contributed by atoms with Gasteiger partial charge >= 0.3 is 0 Å². The van der Waals surface area contributed by atoms with Crippen LogP contribution in [0.2, 0.25) is 0 Å². The first kappa shape index (κ1) is 15.6. The van der Waals surface area contributed by atoms with Gasteiger partial charge < -0.3 is 9.51 Å². The lowest BCUT2D eigenvalue weighted by Gasteiger charge is -1.97. The van der Waals surface area contributed by atoms with E-state index in [2.05, 4.69) is 20.1 Å². The number of aromatic amines is 1. The van der Waals surface area contributed by atoms with Crippen LogP contribution in [0.1, 0.15) is 5.82 Å². The largest absolute Gasteiger partial charge is 0.334 e. The highest BCUT2D eigenvalue weighted by Crippen LogP contribution is 2.24. The van der Waals surface area contributed by atoms with E-state index in [4.69, 9.17) is 4.52 Å². The van der Waals surface area contributed by atoms with Crippen molar-refractivity contribution < 1.29 is 8.91 Å². The molecule has 1 N–H and O–H groups in total. The Hall–Kier alpha value is -2.93. The van der Waals surface area contributed by atoms with E-state index >= 15 is 0 Å². The van der Waals surface area contributed by atoms with E-state index in [0.717, 1.165) is 22.0 Å². The van der Waals surface area contributed by atoms with E-state index < -0.39 is 0 Å². The molecule has 0 amide bonds. The number of benzene rings is 2. The highest BCUT2D eigenvalue weighted by molar-refractivity contribution is 7.98. The van der Waals surface area contributed by atoms with Gasteiger partial charge in [-0.1, -0.05) is 35.1 Å². The van der Waals surface area contributed by atoms with Crippen LogP contribution in [0.4, 0.5) is 4.39 Å². The molecule has 0 saturated carbocycles. The van der Waals surface area contributed by atoms with Crippen LogP contribution < -0.4 is 0 Å². The quantitative estimate of drug-likeness (QED) is 0.533. The number of nitrogens with zero attached hydrogens (tertiary/aromatic N) is 3. The number of hydrogen-bond acceptors (Lipinski definition) is 5. The summed E-state index contributed by atoms with van der Waals surface area (Å²) in [6, 6.07) is 15.9. The summed E-state index contributed by atoms with van der Waals surface area (Å²) >= 11 is 1.47. The van der Waals surface area contributed by atoms with Crippen LogP contribution in [0.3, 0.4) is 0 Å². The van der Waals surface area contributed by atoms with Crippen LogP contribution >= 0.6 is 11.8 Å². The Kier molecular flexibility index (Phi) is 4.30. The number of aromatic nitrogens is 4. The molecule has 4 aromatic rings. The molecule has 0 radical (unpaired) electrons. The Balaban J connectivity index is 1.42. The van der Waals surface area contributed by atoms with Gasteiger partial charge in [0.1, 0.15) is 5.82 Å². The summed E-state index contributed by atoms with van der Waals surface area (Å²) in [4.78, 5) is 11.9. The molecule has 0 aliphatic carbocycles. The van der Waals surface area contributed by atoms with Crippen LogP contribution in [0.15, 0.2) is 70.5 Å². The number of H-pyrrole nitrogens is 1. The fraction of sp³-hybridized carbons (Fsp3) is 0.0556. The lowest BCUT2D eigenvalue weighted by Crippen LogP contribution is -1.85. The van der Waals surface area contributed by atoms with Crippen molar-refractivity contribution in [1.29, 1.82) is 0 Å². The summed E-state index contributed by atoms with van der Waals surface area (Å²) in [7, 11) is 0. The topological polar surface area (TPSA) is 67.6 Å². The van der Waals surface area contributed by atoms with Crippen LogP contribution in [-0.4, -0.2) is 20.1 Å². The number of rotatable bonds is 5. The third kappa shape index (κ3) is 3.61. The van der Waals surface area contributed by atoms with Crippen LogP contribution in [-0.2, 0) is 5.75 Å². The van der Waals surface area contributed by atoms with E-state index in [1.54, 1.807) is 18.3 Å². The van der Waals surface area contributed by atoms with E-state index in [9.17, 15) is 4.39 Å². The normalized spacial score (nSPS) is 10.9. The molecule has 0 spiro atoms. The molecule has 0 aliphatic heterocycles. The number of thioether (sulfide) groups is 1. The van der Waals surface area contributed by atoms with Crippen molar-refractivity contribution >= 4 is 11.8 Å². The second-order valence-electron chi connectivity index (χ2n) is 5.28. The van der Waals surface area contributed by atoms with E-state index in [-0.39, 0.29) is 5.82 Å². The van der Waals surface area contributed by atoms with Gasteiger partial charge in [-0.2, -0.15) is 4.98 Å². The average molecular weight is 352 g/mol. The van der Waals surface area contributed by atoms with E-state index in [1.165, 1.54) is 23.9 Å². The van der Waals surface area contributed by atoms with Crippen molar-refractivity contribution in [2.45, 2.75) is 10.9 Å². The van der Waals surface area contributed by atoms with Gasteiger partial charge in [-0.05, 0) is 42.0 Å². The minimum absolute atomic E-state index is 0.260. The molecule has 0 saturated heterocycles. The fourth-order valence-corrected chi connectivity index (χ4v) is 2.99. The van der Waals surface area contributed by atoms with Gasteiger partial charge in [0.05, 0.1) is 17.6 Å². The predicted octanol–water partition coefficient (Wildman–Crippen LogP) is 4.56. The number of halogens is 1. The summed E-state index contributed by atoms with van der Waals surface area (Å²) in [6.45, 7) is 0. The molecular weight excluding hydrogens is 339 g/mol. The second kappa shape index (κ2) is 6.90. The molecule has 0 bridgehead atoms. The molecule has 0 aliphatic rings. The van der Waals surface area contributed by atoms with Crippen molar-refractivity contribution in [2.24, 2.45) is 0 Å². The molecule has 25 heavy (non-hydrogen) atoms. The van der Waals surface area contributed by atoms with Crippen molar-refractivity contribution in [3.63, 3.8) is 0 Å². The zero-order chi connectivity index (χ0) is 17.1. The van der Waals surface area contributed by atoms with Crippen LogP contribution in [0.25, 0.3) is 22.7 Å². The predicted molar refractivity (Wildman–Crippen MR) is 93.3 cm³/mol. The molecule has 0 fully saturated rings. The van der Waals surface area contributed by atoms with Crippen LogP contribution in [0.5, 0.6) is 0 Å². The molecule has 2 heterocycles. The Morgan fingerprint density at radius 3 is 2.60 bits per heavy atom. The van der Waals surface area contributed by atoms with Gasteiger partial charge in [0.15, 0.2) is 11.0 Å². The summed E-state index contributed by atoms with van der Waals surface area (Å²) in [5, 5.41) is 4.73. The van der Waals surface area contributed by atoms with Gasteiger partial charge in [0.2, 0.25) is 0 Å². The van der Waals surface area contributed by atoms with Crippen LogP contribution in [0, 0.1) is 5.82 Å². The van der Waals surface area contributed by atoms with Gasteiger partial charge in [-0.25, -0.2) is 9.37 Å². The van der Waals surface area contributed by atoms with Crippen molar-refractivity contribution in [3.05, 3.63) is 72.4 Å². The molecule has 2 aromatic carbocycles. The number of hydrogen-bond donors (Lipinski definition) is 1. The molecule has 7 heteroatoms. The summed E-state index contributed by atoms with van der Waals surface area (Å²) in [5.41, 5.74) is 2.61. The maximum Gasteiger partial charge on any atom is 0.257 e. The van der Waals surface area contributed by atoms with Gasteiger partial charge in [0, 0.05) is 5.56 Å². The molecule has 2 aromatic heterocycles. The van der Waals surface area contributed by atoms with Crippen molar-refractivity contribution in [1.82, 2.24) is 20.1 Å². The van der Waals surface area contributed by atoms with Gasteiger partial charge in [0.25, 0.3) is 5.89 Å². The summed E-state index contributed by atoms with van der Waals surface area (Å²) in [6.07, 6.45) is 1.72. The first-order chi connectivity index (χ1) is 12.3. The Labute approximate surface area is 147 Å². The van der Waals surface area contributed by atoms with Gasteiger partial charge in [-0.3, -0.25) is 0 Å². The zero-order valence-electron chi connectivity index (χ0n) is 13.0. The minimum Gasteiger partial charge on any atom is -0.334 e. The van der Waals surface area contributed by atoms with E-state index in [1.807, 2.05) is 30.3 Å². The first-order valence-corrected chi connectivity index (χ1v) is 8.58. The van der Waals surface area contributed by atoms with Crippen molar-refractivity contribution in [3.8, 4) is 22.7 Å². The fourth-order valence-electron chi connectivity index (χ4n) is 2.30. The molecular formula is C18H13FN4OS. The Morgan fingerprint density at radius 1 is 1.00 bits per heavy atom. The molecule has 4 rings (SSSR count). The highest BCUT2D eigenvalue weighted by Gasteiger charge is 2.10. The number of nitrogens with one attached hydrogen (secondary N) is 1.